The largest absolute Gasteiger partial charge is 0.350 e. The summed E-state index contributed by atoms with van der Waals surface area (Å²) < 4.78 is 0. The van der Waals surface area contributed by atoms with E-state index in [4.69, 9.17) is 0 Å². The van der Waals surface area contributed by atoms with Crippen LogP contribution < -0.4 is 16.0 Å². The third kappa shape index (κ3) is 5.49. The zero-order valence-corrected chi connectivity index (χ0v) is 11.8. The number of rotatable bonds is 3. The van der Waals surface area contributed by atoms with Gasteiger partial charge in [0.1, 0.15) is 0 Å². The number of hydrogen-bond donors (Lipinski definition) is 3. The monoisotopic (exact) mass is 255 g/mol. The average molecular weight is 255 g/mol. The molecule has 18 heavy (non-hydrogen) atoms. The van der Waals surface area contributed by atoms with Crippen molar-refractivity contribution in [2.24, 2.45) is 5.92 Å². The molecule has 1 fully saturated rings. The average Bonchev–Trinajstić information content (AvgIpc) is 2.23. The van der Waals surface area contributed by atoms with Crippen LogP contribution in [0.1, 0.15) is 40.5 Å². The van der Waals surface area contributed by atoms with Crippen molar-refractivity contribution in [2.45, 2.75) is 52.1 Å². The lowest BCUT2D eigenvalue weighted by atomic mass is 9.92. The quantitative estimate of drug-likeness (QED) is 0.684. The lowest BCUT2D eigenvalue weighted by Gasteiger charge is -2.27. The minimum atomic E-state index is -0.259. The summed E-state index contributed by atoms with van der Waals surface area (Å²) >= 11 is 0. The summed E-state index contributed by atoms with van der Waals surface area (Å²) in [7, 11) is 0. The first-order valence-corrected chi connectivity index (χ1v) is 6.60. The van der Waals surface area contributed by atoms with Gasteiger partial charge in [0.25, 0.3) is 0 Å². The lowest BCUT2D eigenvalue weighted by Crippen LogP contribution is -2.48. The van der Waals surface area contributed by atoms with Crippen LogP contribution in [-0.4, -0.2) is 36.5 Å². The Morgan fingerprint density at radius 3 is 2.56 bits per heavy atom. The minimum absolute atomic E-state index is 0.00703. The van der Waals surface area contributed by atoms with Crippen LogP contribution in [0.25, 0.3) is 0 Å². The van der Waals surface area contributed by atoms with Crippen molar-refractivity contribution >= 4 is 11.8 Å². The van der Waals surface area contributed by atoms with Gasteiger partial charge in [-0.15, -0.1) is 0 Å². The molecule has 0 aromatic heterocycles. The third-order valence-electron chi connectivity index (χ3n) is 2.93. The van der Waals surface area contributed by atoms with Gasteiger partial charge in [-0.1, -0.05) is 0 Å². The van der Waals surface area contributed by atoms with Crippen molar-refractivity contribution < 1.29 is 9.59 Å². The fourth-order valence-corrected chi connectivity index (χ4v) is 2.14. The first kappa shape index (κ1) is 15.0. The molecule has 5 nitrogen and oxygen atoms in total. The fourth-order valence-electron chi connectivity index (χ4n) is 2.14. The van der Waals surface area contributed by atoms with Gasteiger partial charge in [-0.3, -0.25) is 9.59 Å². The molecule has 0 aliphatic carbocycles. The van der Waals surface area contributed by atoms with Crippen molar-refractivity contribution in [3.63, 3.8) is 0 Å². The molecular weight excluding hydrogens is 230 g/mol. The Labute approximate surface area is 109 Å². The number of piperidine rings is 1. The van der Waals surface area contributed by atoms with Crippen molar-refractivity contribution in [1.82, 2.24) is 16.0 Å². The fraction of sp³-hybridized carbons (Fsp3) is 0.846. The Hall–Kier alpha value is -1.10. The van der Waals surface area contributed by atoms with E-state index in [2.05, 4.69) is 22.9 Å². The number of amides is 2. The standard InChI is InChI=1S/C13H25N3O2/c1-9-7-10(5-6-14-9)12(18)15-8-11(17)16-13(2,3)4/h9-10,14H,5-8H2,1-4H3,(H,15,18)(H,16,17). The van der Waals surface area contributed by atoms with Crippen LogP contribution in [0.5, 0.6) is 0 Å². The van der Waals surface area contributed by atoms with Crippen LogP contribution in [0.2, 0.25) is 0 Å². The van der Waals surface area contributed by atoms with Crippen LogP contribution in [0, 0.1) is 5.92 Å². The third-order valence-corrected chi connectivity index (χ3v) is 2.93. The molecule has 1 rings (SSSR count). The van der Waals surface area contributed by atoms with E-state index in [1.165, 1.54) is 0 Å². The molecule has 0 spiro atoms. The highest BCUT2D eigenvalue weighted by molar-refractivity contribution is 5.86. The summed E-state index contributed by atoms with van der Waals surface area (Å²) in [6.07, 6.45) is 1.68. The summed E-state index contributed by atoms with van der Waals surface area (Å²) in [5.74, 6) is -0.117. The van der Waals surface area contributed by atoms with Crippen molar-refractivity contribution in [3.8, 4) is 0 Å². The Balaban J connectivity index is 2.30. The SMILES string of the molecule is CC1CC(C(=O)NCC(=O)NC(C)(C)C)CCN1. The number of carbonyl (C=O) groups excluding carboxylic acids is 2. The molecular formula is C13H25N3O2. The number of hydrogen-bond acceptors (Lipinski definition) is 3. The number of nitrogens with one attached hydrogen (secondary N) is 3. The van der Waals surface area contributed by atoms with Gasteiger partial charge >= 0.3 is 0 Å². The van der Waals surface area contributed by atoms with Gasteiger partial charge in [0.05, 0.1) is 6.54 Å². The number of carbonyl (C=O) groups is 2. The molecule has 2 unspecified atom stereocenters. The van der Waals surface area contributed by atoms with E-state index >= 15 is 0 Å². The van der Waals surface area contributed by atoms with Crippen LogP contribution in [-0.2, 0) is 9.59 Å². The summed E-state index contributed by atoms with van der Waals surface area (Å²) in [5.41, 5.74) is -0.259. The molecule has 2 atom stereocenters. The molecule has 0 aromatic carbocycles. The van der Waals surface area contributed by atoms with Gasteiger partial charge in [0, 0.05) is 17.5 Å². The van der Waals surface area contributed by atoms with Crippen LogP contribution in [0.3, 0.4) is 0 Å². The van der Waals surface area contributed by atoms with E-state index in [1.807, 2.05) is 20.8 Å². The van der Waals surface area contributed by atoms with Crippen molar-refractivity contribution in [3.05, 3.63) is 0 Å². The maximum Gasteiger partial charge on any atom is 0.239 e. The summed E-state index contributed by atoms with van der Waals surface area (Å²) in [5, 5.41) is 8.84. The normalized spacial score (nSPS) is 24.4. The summed E-state index contributed by atoms with van der Waals surface area (Å²) in [6.45, 7) is 8.76. The Morgan fingerprint density at radius 1 is 1.33 bits per heavy atom. The highest BCUT2D eigenvalue weighted by Gasteiger charge is 2.25. The maximum atomic E-state index is 11.9. The molecule has 104 valence electrons. The van der Waals surface area contributed by atoms with Crippen molar-refractivity contribution in [2.75, 3.05) is 13.1 Å². The van der Waals surface area contributed by atoms with Gasteiger partial charge in [-0.2, -0.15) is 0 Å². The van der Waals surface area contributed by atoms with E-state index in [0.29, 0.717) is 6.04 Å². The predicted octanol–water partition coefficient (Wildman–Crippen LogP) is 0.405. The van der Waals surface area contributed by atoms with E-state index in [1.54, 1.807) is 0 Å². The van der Waals surface area contributed by atoms with Gasteiger partial charge < -0.3 is 16.0 Å². The Kier molecular flexibility index (Phi) is 5.14. The van der Waals surface area contributed by atoms with E-state index in [0.717, 1.165) is 19.4 Å². The van der Waals surface area contributed by atoms with E-state index < -0.39 is 0 Å². The van der Waals surface area contributed by atoms with E-state index in [9.17, 15) is 9.59 Å². The molecule has 0 aromatic rings. The summed E-state index contributed by atoms with van der Waals surface area (Å²) in [4.78, 5) is 23.5. The minimum Gasteiger partial charge on any atom is -0.350 e. The molecule has 0 bridgehead atoms. The molecule has 0 radical (unpaired) electrons. The van der Waals surface area contributed by atoms with Crippen LogP contribution >= 0.6 is 0 Å². The van der Waals surface area contributed by atoms with Gasteiger partial charge in [0.15, 0.2) is 0 Å². The first-order valence-electron chi connectivity index (χ1n) is 6.60. The first-order chi connectivity index (χ1) is 8.28. The molecule has 0 saturated carbocycles. The highest BCUT2D eigenvalue weighted by atomic mass is 16.2. The smallest absolute Gasteiger partial charge is 0.239 e. The van der Waals surface area contributed by atoms with Gasteiger partial charge in [-0.05, 0) is 47.1 Å². The lowest BCUT2D eigenvalue weighted by molar-refractivity contribution is -0.129. The second-order valence-electron chi connectivity index (χ2n) is 6.09. The second kappa shape index (κ2) is 6.18. The second-order valence-corrected chi connectivity index (χ2v) is 6.09. The predicted molar refractivity (Wildman–Crippen MR) is 71.1 cm³/mol. The molecule has 1 heterocycles. The maximum absolute atomic E-state index is 11.9. The van der Waals surface area contributed by atoms with Crippen molar-refractivity contribution in [1.29, 1.82) is 0 Å². The van der Waals surface area contributed by atoms with Gasteiger partial charge in [-0.25, -0.2) is 0 Å². The van der Waals surface area contributed by atoms with E-state index in [-0.39, 0.29) is 29.8 Å². The molecule has 5 heteroatoms. The molecule has 3 N–H and O–H groups in total. The Morgan fingerprint density at radius 2 is 2.00 bits per heavy atom. The molecule has 1 saturated heterocycles. The van der Waals surface area contributed by atoms with Crippen LogP contribution in [0.15, 0.2) is 0 Å². The molecule has 2 amide bonds. The molecule has 1 aliphatic heterocycles. The van der Waals surface area contributed by atoms with Gasteiger partial charge in [0.2, 0.25) is 11.8 Å². The molecule has 1 aliphatic rings. The topological polar surface area (TPSA) is 70.2 Å². The zero-order chi connectivity index (χ0) is 13.8. The summed E-state index contributed by atoms with van der Waals surface area (Å²) in [6, 6.07) is 0.373. The highest BCUT2D eigenvalue weighted by Crippen LogP contribution is 2.15. The zero-order valence-electron chi connectivity index (χ0n) is 11.8. The van der Waals surface area contributed by atoms with Crippen LogP contribution in [0.4, 0.5) is 0 Å². The Bertz CT molecular complexity index is 310.